The summed E-state index contributed by atoms with van der Waals surface area (Å²) in [6.07, 6.45) is 5.32. The molecule has 0 radical (unpaired) electrons. The SMILES string of the molecule is CNC1CCC(N(Cc2cc(-c3ccnc(N)c3)ccc2OC)C(=O)c2sc3cccc(F)c3c2Cl)CC1. The Hall–Kier alpha value is -3.20. The Morgan fingerprint density at radius 3 is 2.63 bits per heavy atom. The van der Waals surface area contributed by atoms with Crippen molar-refractivity contribution < 1.29 is 13.9 Å². The van der Waals surface area contributed by atoms with Gasteiger partial charge >= 0.3 is 0 Å². The Morgan fingerprint density at radius 1 is 1.18 bits per heavy atom. The van der Waals surface area contributed by atoms with E-state index in [0.29, 0.717) is 39.1 Å². The number of nitrogens with one attached hydrogen (secondary N) is 1. The van der Waals surface area contributed by atoms with Crippen molar-refractivity contribution in [2.45, 2.75) is 44.3 Å². The fourth-order valence-electron chi connectivity index (χ4n) is 5.27. The number of pyridine rings is 1. The van der Waals surface area contributed by atoms with Gasteiger partial charge in [-0.3, -0.25) is 4.79 Å². The number of hydrogen-bond donors (Lipinski definition) is 2. The summed E-state index contributed by atoms with van der Waals surface area (Å²) in [5.41, 5.74) is 8.66. The van der Waals surface area contributed by atoms with Crippen LogP contribution >= 0.6 is 22.9 Å². The van der Waals surface area contributed by atoms with Gasteiger partial charge in [0.1, 0.15) is 22.3 Å². The Labute approximate surface area is 230 Å². The maximum absolute atomic E-state index is 14.6. The molecule has 1 aliphatic rings. The first-order valence-electron chi connectivity index (χ1n) is 12.6. The fraction of sp³-hybridized carbons (Fsp3) is 0.310. The molecule has 1 aliphatic carbocycles. The predicted molar refractivity (Wildman–Crippen MR) is 152 cm³/mol. The third-order valence-electron chi connectivity index (χ3n) is 7.34. The van der Waals surface area contributed by atoms with Crippen LogP contribution in [0.1, 0.15) is 40.9 Å². The maximum atomic E-state index is 14.6. The fourth-order valence-corrected chi connectivity index (χ4v) is 6.78. The van der Waals surface area contributed by atoms with Gasteiger partial charge in [0.2, 0.25) is 0 Å². The molecule has 4 aromatic rings. The molecule has 0 spiro atoms. The summed E-state index contributed by atoms with van der Waals surface area (Å²) in [4.78, 5) is 20.5. The molecule has 198 valence electrons. The number of halogens is 2. The normalized spacial score (nSPS) is 17.5. The Bertz CT molecular complexity index is 1470. The Kier molecular flexibility index (Phi) is 7.83. The van der Waals surface area contributed by atoms with Crippen molar-refractivity contribution in [1.29, 1.82) is 0 Å². The zero-order valence-corrected chi connectivity index (χ0v) is 22.9. The van der Waals surface area contributed by atoms with Gasteiger partial charge in [0, 0.05) is 40.5 Å². The zero-order chi connectivity index (χ0) is 26.8. The van der Waals surface area contributed by atoms with E-state index >= 15 is 0 Å². The molecule has 6 nitrogen and oxygen atoms in total. The van der Waals surface area contributed by atoms with Crippen LogP contribution in [-0.4, -0.2) is 42.0 Å². The number of nitrogens with zero attached hydrogens (tertiary/aromatic N) is 2. The summed E-state index contributed by atoms with van der Waals surface area (Å²) in [7, 11) is 3.60. The van der Waals surface area contributed by atoms with E-state index in [1.54, 1.807) is 25.4 Å². The summed E-state index contributed by atoms with van der Waals surface area (Å²) < 4.78 is 21.0. The summed E-state index contributed by atoms with van der Waals surface area (Å²) in [5.74, 6) is 0.509. The third kappa shape index (κ3) is 5.21. The summed E-state index contributed by atoms with van der Waals surface area (Å²) >= 11 is 7.88. The minimum Gasteiger partial charge on any atom is -0.496 e. The molecule has 5 rings (SSSR count). The average Bonchev–Trinajstić information content (AvgIpc) is 3.28. The van der Waals surface area contributed by atoms with E-state index in [4.69, 9.17) is 22.1 Å². The molecule has 1 amide bonds. The molecular weight excluding hydrogens is 523 g/mol. The number of amides is 1. The van der Waals surface area contributed by atoms with E-state index in [1.165, 1.54) is 17.4 Å². The largest absolute Gasteiger partial charge is 0.496 e. The third-order valence-corrected chi connectivity index (χ3v) is 8.98. The second-order valence-electron chi connectivity index (χ2n) is 9.58. The van der Waals surface area contributed by atoms with Crippen molar-refractivity contribution in [3.8, 4) is 16.9 Å². The van der Waals surface area contributed by atoms with Crippen LogP contribution in [-0.2, 0) is 6.54 Å². The number of carbonyl (C=O) groups is 1. The number of methoxy groups -OCH3 is 1. The van der Waals surface area contributed by atoms with Gasteiger partial charge in [-0.1, -0.05) is 23.7 Å². The number of rotatable bonds is 7. The lowest BCUT2D eigenvalue weighted by atomic mass is 9.89. The van der Waals surface area contributed by atoms with Crippen LogP contribution in [0.25, 0.3) is 21.2 Å². The maximum Gasteiger partial charge on any atom is 0.266 e. The molecule has 9 heteroatoms. The monoisotopic (exact) mass is 552 g/mol. The lowest BCUT2D eigenvalue weighted by Gasteiger charge is -2.37. The lowest BCUT2D eigenvalue weighted by molar-refractivity contribution is 0.0604. The van der Waals surface area contributed by atoms with E-state index in [1.807, 2.05) is 42.3 Å². The zero-order valence-electron chi connectivity index (χ0n) is 21.3. The molecule has 3 N–H and O–H groups in total. The minimum absolute atomic E-state index is 0.0168. The second-order valence-corrected chi connectivity index (χ2v) is 11.0. The van der Waals surface area contributed by atoms with Gasteiger partial charge in [-0.2, -0.15) is 0 Å². The van der Waals surface area contributed by atoms with E-state index in [-0.39, 0.29) is 17.0 Å². The number of hydrogen-bond acceptors (Lipinski definition) is 6. The highest BCUT2D eigenvalue weighted by Gasteiger charge is 2.32. The standard InChI is InChI=1S/C29H30ClFN4O2S/c1-33-20-7-9-21(10-8-20)35(29(36)28-27(30)26-22(31)4-3-5-24(26)38-28)16-19-14-17(6-11-23(19)37-2)18-12-13-34-25(32)15-18/h3-6,11-15,20-21,33H,7-10,16H2,1-2H3,(H2,32,34). The number of nitrogens with two attached hydrogens (primary N) is 1. The number of ether oxygens (including phenoxy) is 1. The number of benzene rings is 2. The van der Waals surface area contributed by atoms with Gasteiger partial charge < -0.3 is 20.7 Å². The number of carbonyl (C=O) groups excluding carboxylic acids is 1. The number of fused-ring (bicyclic) bond motifs is 1. The highest BCUT2D eigenvalue weighted by molar-refractivity contribution is 7.21. The van der Waals surface area contributed by atoms with Crippen molar-refractivity contribution in [1.82, 2.24) is 15.2 Å². The van der Waals surface area contributed by atoms with Crippen molar-refractivity contribution >= 4 is 44.7 Å². The first-order chi connectivity index (χ1) is 18.4. The quantitative estimate of drug-likeness (QED) is 0.273. The highest BCUT2D eigenvalue weighted by atomic mass is 35.5. The molecule has 2 aromatic heterocycles. The Morgan fingerprint density at radius 2 is 1.95 bits per heavy atom. The Balaban J connectivity index is 1.55. The van der Waals surface area contributed by atoms with Crippen LogP contribution in [0.3, 0.4) is 0 Å². The van der Waals surface area contributed by atoms with Crippen molar-refractivity contribution in [2.75, 3.05) is 19.9 Å². The van der Waals surface area contributed by atoms with Crippen LogP contribution in [0.5, 0.6) is 5.75 Å². The minimum atomic E-state index is -0.421. The average molecular weight is 553 g/mol. The molecule has 2 heterocycles. The molecule has 0 atom stereocenters. The first kappa shape index (κ1) is 26.4. The molecular formula is C29H30ClFN4O2S. The van der Waals surface area contributed by atoms with Gasteiger partial charge in [0.05, 0.1) is 12.1 Å². The molecule has 0 unspecified atom stereocenters. The second kappa shape index (κ2) is 11.3. The molecule has 1 fully saturated rings. The van der Waals surface area contributed by atoms with Gasteiger partial charge in [0.15, 0.2) is 0 Å². The van der Waals surface area contributed by atoms with Crippen LogP contribution in [0, 0.1) is 5.82 Å². The molecule has 0 aliphatic heterocycles. The van der Waals surface area contributed by atoms with Crippen molar-refractivity contribution in [3.05, 3.63) is 76.0 Å². The van der Waals surface area contributed by atoms with Gasteiger partial charge in [-0.05, 0) is 80.3 Å². The molecule has 38 heavy (non-hydrogen) atoms. The predicted octanol–water partition coefficient (Wildman–Crippen LogP) is 6.52. The smallest absolute Gasteiger partial charge is 0.266 e. The molecule has 2 aromatic carbocycles. The number of anilines is 1. The van der Waals surface area contributed by atoms with E-state index in [9.17, 15) is 9.18 Å². The van der Waals surface area contributed by atoms with Crippen molar-refractivity contribution in [2.24, 2.45) is 0 Å². The lowest BCUT2D eigenvalue weighted by Crippen LogP contribution is -2.44. The highest BCUT2D eigenvalue weighted by Crippen LogP contribution is 2.39. The first-order valence-corrected chi connectivity index (χ1v) is 13.8. The summed E-state index contributed by atoms with van der Waals surface area (Å²) in [5, 5.41) is 3.83. The van der Waals surface area contributed by atoms with Gasteiger partial charge in [-0.25, -0.2) is 9.37 Å². The van der Waals surface area contributed by atoms with Crippen LogP contribution in [0.15, 0.2) is 54.7 Å². The van der Waals surface area contributed by atoms with Crippen LogP contribution in [0.2, 0.25) is 5.02 Å². The van der Waals surface area contributed by atoms with Crippen molar-refractivity contribution in [3.63, 3.8) is 0 Å². The van der Waals surface area contributed by atoms with Crippen LogP contribution < -0.4 is 15.8 Å². The van der Waals surface area contributed by atoms with Gasteiger partial charge in [0.25, 0.3) is 5.91 Å². The summed E-state index contributed by atoms with van der Waals surface area (Å²) in [6.45, 7) is 0.332. The van der Waals surface area contributed by atoms with E-state index < -0.39 is 5.82 Å². The molecule has 0 bridgehead atoms. The number of thiophene rings is 1. The number of aromatic nitrogens is 1. The van der Waals surface area contributed by atoms with Crippen LogP contribution in [0.4, 0.5) is 10.2 Å². The molecule has 1 saturated carbocycles. The molecule has 0 saturated heterocycles. The summed E-state index contributed by atoms with van der Waals surface area (Å²) in [6, 6.07) is 14.9. The van der Waals surface area contributed by atoms with E-state index in [0.717, 1.165) is 42.4 Å². The topological polar surface area (TPSA) is 80.5 Å². The van der Waals surface area contributed by atoms with Gasteiger partial charge in [-0.15, -0.1) is 11.3 Å². The van der Waals surface area contributed by atoms with E-state index in [2.05, 4.69) is 10.3 Å². The number of nitrogen functional groups attached to an aromatic ring is 1.